The number of benzene rings is 2. The van der Waals surface area contributed by atoms with Crippen molar-refractivity contribution in [2.75, 3.05) is 19.6 Å². The number of amides is 2. The molecule has 1 saturated heterocycles. The van der Waals surface area contributed by atoms with Gasteiger partial charge in [-0.2, -0.15) is 4.31 Å². The lowest BCUT2D eigenvalue weighted by atomic mass is 10.1. The highest BCUT2D eigenvalue weighted by atomic mass is 32.2. The van der Waals surface area contributed by atoms with Crippen molar-refractivity contribution >= 4 is 21.8 Å². The zero-order valence-corrected chi connectivity index (χ0v) is 17.4. The van der Waals surface area contributed by atoms with Crippen molar-refractivity contribution in [3.63, 3.8) is 0 Å². The molecule has 0 radical (unpaired) electrons. The highest BCUT2D eigenvalue weighted by molar-refractivity contribution is 7.89. The Balaban J connectivity index is 1.79. The minimum Gasteiger partial charge on any atom is -0.354 e. The Morgan fingerprint density at radius 1 is 1.10 bits per heavy atom. The fraction of sp³-hybridized carbons (Fsp3) is 0.333. The number of nitrogens with one attached hydrogen (secondary N) is 1. The van der Waals surface area contributed by atoms with Gasteiger partial charge in [-0.1, -0.05) is 30.3 Å². The van der Waals surface area contributed by atoms with Crippen LogP contribution in [0.1, 0.15) is 29.8 Å². The van der Waals surface area contributed by atoms with Crippen molar-refractivity contribution in [1.29, 1.82) is 0 Å². The maximum absolute atomic E-state index is 13.0. The van der Waals surface area contributed by atoms with E-state index in [9.17, 15) is 18.0 Å². The molecule has 2 aromatic rings. The first-order valence-corrected chi connectivity index (χ1v) is 10.9. The summed E-state index contributed by atoms with van der Waals surface area (Å²) in [6.07, 6.45) is 0. The molecule has 1 aliphatic heterocycles. The summed E-state index contributed by atoms with van der Waals surface area (Å²) in [5, 5.41) is 2.61. The van der Waals surface area contributed by atoms with E-state index in [2.05, 4.69) is 5.32 Å². The Morgan fingerprint density at radius 2 is 1.76 bits per heavy atom. The smallest absolute Gasteiger partial charge is 0.254 e. The maximum Gasteiger partial charge on any atom is 0.254 e. The molecule has 1 fully saturated rings. The molecule has 2 aromatic carbocycles. The summed E-state index contributed by atoms with van der Waals surface area (Å²) in [5.41, 5.74) is 1.45. The Labute approximate surface area is 171 Å². The van der Waals surface area contributed by atoms with E-state index >= 15 is 0 Å². The number of nitrogens with zero attached hydrogens (tertiary/aromatic N) is 2. The van der Waals surface area contributed by atoms with E-state index < -0.39 is 10.0 Å². The van der Waals surface area contributed by atoms with Gasteiger partial charge in [-0.15, -0.1) is 0 Å². The summed E-state index contributed by atoms with van der Waals surface area (Å²) < 4.78 is 26.6. The number of carbonyl (C=O) groups is 2. The molecule has 0 saturated carbocycles. The SMILES string of the molecule is CC(C)N(Cc1ccccc1)C(=O)c1ccc(S(=O)(=O)N2CCNC(=O)C2)cc1. The molecule has 8 heteroatoms. The topological polar surface area (TPSA) is 86.8 Å². The fourth-order valence-electron chi connectivity index (χ4n) is 3.17. The van der Waals surface area contributed by atoms with Crippen LogP contribution < -0.4 is 5.32 Å². The number of carbonyl (C=O) groups excluding carboxylic acids is 2. The summed E-state index contributed by atoms with van der Waals surface area (Å²) in [6.45, 7) is 4.69. The first kappa shape index (κ1) is 21.0. The van der Waals surface area contributed by atoms with Crippen LogP contribution in [-0.4, -0.2) is 55.1 Å². The Morgan fingerprint density at radius 3 is 2.34 bits per heavy atom. The van der Waals surface area contributed by atoms with Crippen LogP contribution >= 0.6 is 0 Å². The Hall–Kier alpha value is -2.71. The van der Waals surface area contributed by atoms with Gasteiger partial charge in [0, 0.05) is 31.2 Å². The highest BCUT2D eigenvalue weighted by Crippen LogP contribution is 2.19. The van der Waals surface area contributed by atoms with Gasteiger partial charge in [0.2, 0.25) is 15.9 Å². The van der Waals surface area contributed by atoms with Crippen molar-refractivity contribution in [2.24, 2.45) is 0 Å². The van der Waals surface area contributed by atoms with Crippen LogP contribution in [0, 0.1) is 0 Å². The largest absolute Gasteiger partial charge is 0.354 e. The van der Waals surface area contributed by atoms with E-state index in [0.717, 1.165) is 9.87 Å². The molecule has 0 aliphatic carbocycles. The second-order valence-corrected chi connectivity index (χ2v) is 9.16. The minimum atomic E-state index is -3.77. The van der Waals surface area contributed by atoms with Crippen LogP contribution in [0.15, 0.2) is 59.5 Å². The van der Waals surface area contributed by atoms with Crippen molar-refractivity contribution in [3.05, 3.63) is 65.7 Å². The van der Waals surface area contributed by atoms with Crippen molar-refractivity contribution < 1.29 is 18.0 Å². The first-order valence-electron chi connectivity index (χ1n) is 9.51. The van der Waals surface area contributed by atoms with E-state index in [1.807, 2.05) is 44.2 Å². The standard InChI is InChI=1S/C21H25N3O4S/c1-16(2)24(14-17-6-4-3-5-7-17)21(26)18-8-10-19(11-9-18)29(27,28)23-13-12-22-20(25)15-23/h3-11,16H,12-15H2,1-2H3,(H,22,25). The zero-order valence-electron chi connectivity index (χ0n) is 16.5. The minimum absolute atomic E-state index is 0.0158. The summed E-state index contributed by atoms with van der Waals surface area (Å²) in [7, 11) is -3.77. The summed E-state index contributed by atoms with van der Waals surface area (Å²) in [6, 6.07) is 15.6. The quantitative estimate of drug-likeness (QED) is 0.780. The van der Waals surface area contributed by atoms with Gasteiger partial charge in [0.1, 0.15) is 0 Å². The zero-order chi connectivity index (χ0) is 21.0. The van der Waals surface area contributed by atoms with Gasteiger partial charge in [0.15, 0.2) is 0 Å². The van der Waals surface area contributed by atoms with Gasteiger partial charge >= 0.3 is 0 Å². The average molecular weight is 416 g/mol. The molecule has 0 atom stereocenters. The normalized spacial score (nSPS) is 15.2. The van der Waals surface area contributed by atoms with E-state index in [1.54, 1.807) is 4.90 Å². The van der Waals surface area contributed by atoms with E-state index in [4.69, 9.17) is 0 Å². The molecule has 2 amide bonds. The molecule has 1 heterocycles. The van der Waals surface area contributed by atoms with Gasteiger partial charge in [0.25, 0.3) is 5.91 Å². The monoisotopic (exact) mass is 415 g/mol. The average Bonchev–Trinajstić information content (AvgIpc) is 2.72. The summed E-state index contributed by atoms with van der Waals surface area (Å²) >= 11 is 0. The van der Waals surface area contributed by atoms with E-state index in [-0.39, 0.29) is 42.4 Å². The van der Waals surface area contributed by atoms with Crippen LogP contribution in [-0.2, 0) is 21.4 Å². The summed E-state index contributed by atoms with van der Waals surface area (Å²) in [4.78, 5) is 26.3. The molecule has 7 nitrogen and oxygen atoms in total. The maximum atomic E-state index is 13.0. The lowest BCUT2D eigenvalue weighted by Gasteiger charge is -2.27. The van der Waals surface area contributed by atoms with Crippen molar-refractivity contribution in [2.45, 2.75) is 31.3 Å². The summed E-state index contributed by atoms with van der Waals surface area (Å²) in [5.74, 6) is -0.481. The van der Waals surface area contributed by atoms with Crippen LogP contribution in [0.25, 0.3) is 0 Å². The molecule has 0 bridgehead atoms. The lowest BCUT2D eigenvalue weighted by molar-refractivity contribution is -0.122. The second kappa shape index (κ2) is 8.75. The molecular weight excluding hydrogens is 390 g/mol. The number of sulfonamides is 1. The molecule has 0 spiro atoms. The van der Waals surface area contributed by atoms with Gasteiger partial charge in [-0.25, -0.2) is 8.42 Å². The highest BCUT2D eigenvalue weighted by Gasteiger charge is 2.29. The predicted molar refractivity (Wildman–Crippen MR) is 110 cm³/mol. The first-order chi connectivity index (χ1) is 13.8. The van der Waals surface area contributed by atoms with Gasteiger partial charge in [-0.3, -0.25) is 9.59 Å². The van der Waals surface area contributed by atoms with E-state index in [1.165, 1.54) is 24.3 Å². The fourth-order valence-corrected chi connectivity index (χ4v) is 4.57. The van der Waals surface area contributed by atoms with Crippen LogP contribution in [0.5, 0.6) is 0 Å². The van der Waals surface area contributed by atoms with E-state index in [0.29, 0.717) is 12.1 Å². The third-order valence-electron chi connectivity index (χ3n) is 4.82. The van der Waals surface area contributed by atoms with Gasteiger partial charge < -0.3 is 10.2 Å². The molecule has 1 N–H and O–H groups in total. The molecule has 3 rings (SSSR count). The molecule has 0 unspecified atom stereocenters. The third kappa shape index (κ3) is 4.83. The number of hydrogen-bond acceptors (Lipinski definition) is 4. The second-order valence-electron chi connectivity index (χ2n) is 7.23. The molecule has 0 aromatic heterocycles. The lowest BCUT2D eigenvalue weighted by Crippen LogP contribution is -2.49. The number of hydrogen-bond donors (Lipinski definition) is 1. The van der Waals surface area contributed by atoms with Gasteiger partial charge in [-0.05, 0) is 43.7 Å². The van der Waals surface area contributed by atoms with Crippen LogP contribution in [0.3, 0.4) is 0 Å². The third-order valence-corrected chi connectivity index (χ3v) is 6.68. The molecule has 29 heavy (non-hydrogen) atoms. The Kier molecular flexibility index (Phi) is 6.34. The van der Waals surface area contributed by atoms with Gasteiger partial charge in [0.05, 0.1) is 11.4 Å². The number of piperazine rings is 1. The van der Waals surface area contributed by atoms with Crippen molar-refractivity contribution in [3.8, 4) is 0 Å². The molecule has 154 valence electrons. The Bertz CT molecular complexity index is 973. The predicted octanol–water partition coefficient (Wildman–Crippen LogP) is 1.86. The van der Waals surface area contributed by atoms with Crippen LogP contribution in [0.4, 0.5) is 0 Å². The van der Waals surface area contributed by atoms with Crippen LogP contribution in [0.2, 0.25) is 0 Å². The van der Waals surface area contributed by atoms with Crippen molar-refractivity contribution in [1.82, 2.24) is 14.5 Å². The molecular formula is C21H25N3O4S. The number of rotatable bonds is 6. The molecule has 1 aliphatic rings.